The van der Waals surface area contributed by atoms with Crippen LogP contribution in [0.15, 0.2) is 24.3 Å². The molecule has 3 N–H and O–H groups in total. The summed E-state index contributed by atoms with van der Waals surface area (Å²) in [7, 11) is 0. The van der Waals surface area contributed by atoms with Gasteiger partial charge in [-0.25, -0.2) is 0 Å². The summed E-state index contributed by atoms with van der Waals surface area (Å²) in [6.07, 6.45) is -4.56. The molecule has 1 unspecified atom stereocenters. The van der Waals surface area contributed by atoms with Crippen molar-refractivity contribution in [3.05, 3.63) is 29.8 Å². The van der Waals surface area contributed by atoms with Crippen molar-refractivity contribution < 1.29 is 24.8 Å². The van der Waals surface area contributed by atoms with Crippen molar-refractivity contribution in [2.24, 2.45) is 0 Å². The molecule has 17 heavy (non-hydrogen) atoms. The lowest BCUT2D eigenvalue weighted by Crippen LogP contribution is -2.54. The van der Waals surface area contributed by atoms with Crippen LogP contribution in [0.4, 0.5) is 0 Å². The van der Waals surface area contributed by atoms with E-state index in [4.69, 9.17) is 9.47 Å². The number of hydrogen-bond acceptors (Lipinski definition) is 5. The van der Waals surface area contributed by atoms with Gasteiger partial charge in [-0.3, -0.25) is 0 Å². The van der Waals surface area contributed by atoms with Crippen LogP contribution in [0.25, 0.3) is 0 Å². The van der Waals surface area contributed by atoms with Crippen molar-refractivity contribution in [1.29, 1.82) is 0 Å². The van der Waals surface area contributed by atoms with Gasteiger partial charge in [0, 0.05) is 0 Å². The van der Waals surface area contributed by atoms with Crippen molar-refractivity contribution >= 4 is 0 Å². The molecule has 2 rings (SSSR count). The minimum absolute atomic E-state index is 0.0608. The van der Waals surface area contributed by atoms with Gasteiger partial charge in [0.25, 0.3) is 0 Å². The average molecular weight is 240 g/mol. The van der Waals surface area contributed by atoms with E-state index in [1.165, 1.54) is 0 Å². The Hall–Kier alpha value is -1.14. The molecule has 0 aromatic heterocycles. The third-order valence-electron chi connectivity index (χ3n) is 2.70. The topological polar surface area (TPSA) is 79.2 Å². The van der Waals surface area contributed by atoms with Gasteiger partial charge in [-0.1, -0.05) is 12.1 Å². The Balaban J connectivity index is 2.04. The summed E-state index contributed by atoms with van der Waals surface area (Å²) < 4.78 is 10.6. The molecule has 1 saturated heterocycles. The fraction of sp³-hybridized carbons (Fsp3) is 0.500. The van der Waals surface area contributed by atoms with E-state index in [0.29, 0.717) is 5.75 Å². The maximum atomic E-state index is 9.68. The minimum Gasteiger partial charge on any atom is -0.462 e. The van der Waals surface area contributed by atoms with Gasteiger partial charge < -0.3 is 24.8 Å². The van der Waals surface area contributed by atoms with Crippen LogP contribution >= 0.6 is 0 Å². The molecule has 5 nitrogen and oxygen atoms in total. The van der Waals surface area contributed by atoms with Gasteiger partial charge in [-0.15, -0.1) is 0 Å². The van der Waals surface area contributed by atoms with Gasteiger partial charge in [0.2, 0.25) is 6.29 Å². The Bertz CT molecular complexity index is 381. The smallest absolute Gasteiger partial charge is 0.228 e. The van der Waals surface area contributed by atoms with Crippen LogP contribution in [-0.2, 0) is 4.74 Å². The molecule has 5 heteroatoms. The van der Waals surface area contributed by atoms with E-state index in [-0.39, 0.29) is 6.61 Å². The van der Waals surface area contributed by atoms with E-state index < -0.39 is 24.6 Å². The number of hydrogen-bond donors (Lipinski definition) is 3. The number of aliphatic hydroxyl groups is 3. The summed E-state index contributed by atoms with van der Waals surface area (Å²) in [6.45, 7) is 1.86. The first-order valence-electron chi connectivity index (χ1n) is 5.47. The molecule has 0 amide bonds. The Morgan fingerprint density at radius 1 is 1.24 bits per heavy atom. The van der Waals surface area contributed by atoms with Crippen LogP contribution in [0, 0.1) is 6.92 Å². The highest BCUT2D eigenvalue weighted by molar-refractivity contribution is 5.27. The van der Waals surface area contributed by atoms with E-state index >= 15 is 0 Å². The van der Waals surface area contributed by atoms with Crippen LogP contribution < -0.4 is 4.74 Å². The molecule has 1 aromatic carbocycles. The molecule has 1 aliphatic heterocycles. The van der Waals surface area contributed by atoms with Gasteiger partial charge in [0.1, 0.15) is 24.1 Å². The highest BCUT2D eigenvalue weighted by Gasteiger charge is 2.38. The van der Waals surface area contributed by atoms with E-state index in [2.05, 4.69) is 0 Å². The SMILES string of the molecule is Cc1cccc(O[C@@H]2OC[C@H](O)[C@H](O)C2O)c1. The largest absolute Gasteiger partial charge is 0.462 e. The lowest BCUT2D eigenvalue weighted by Gasteiger charge is -2.34. The molecule has 0 radical (unpaired) electrons. The first-order valence-corrected chi connectivity index (χ1v) is 5.47. The quantitative estimate of drug-likeness (QED) is 0.668. The highest BCUT2D eigenvalue weighted by Crippen LogP contribution is 2.21. The Morgan fingerprint density at radius 3 is 2.71 bits per heavy atom. The van der Waals surface area contributed by atoms with Crippen LogP contribution in [0.1, 0.15) is 5.56 Å². The number of aliphatic hydroxyl groups excluding tert-OH is 3. The zero-order chi connectivity index (χ0) is 12.4. The number of rotatable bonds is 2. The highest BCUT2D eigenvalue weighted by atomic mass is 16.7. The van der Waals surface area contributed by atoms with Crippen molar-refractivity contribution in [3.8, 4) is 5.75 Å². The maximum absolute atomic E-state index is 9.68. The van der Waals surface area contributed by atoms with Crippen LogP contribution in [0.5, 0.6) is 5.75 Å². The molecular weight excluding hydrogens is 224 g/mol. The first kappa shape index (κ1) is 12.3. The summed E-state index contributed by atoms with van der Waals surface area (Å²) >= 11 is 0. The fourth-order valence-electron chi connectivity index (χ4n) is 1.71. The van der Waals surface area contributed by atoms with Crippen molar-refractivity contribution in [3.63, 3.8) is 0 Å². The van der Waals surface area contributed by atoms with Gasteiger partial charge in [0.15, 0.2) is 0 Å². The van der Waals surface area contributed by atoms with Crippen LogP contribution in [-0.4, -0.2) is 46.5 Å². The molecule has 0 aliphatic carbocycles. The molecule has 0 saturated carbocycles. The second kappa shape index (κ2) is 5.01. The lowest BCUT2D eigenvalue weighted by atomic mass is 10.1. The Kier molecular flexibility index (Phi) is 3.63. The maximum Gasteiger partial charge on any atom is 0.228 e. The molecule has 1 fully saturated rings. The molecule has 1 aliphatic rings. The van der Waals surface area contributed by atoms with Gasteiger partial charge in [-0.2, -0.15) is 0 Å². The Labute approximate surface area is 99.2 Å². The van der Waals surface area contributed by atoms with E-state index in [9.17, 15) is 15.3 Å². The van der Waals surface area contributed by atoms with Crippen molar-refractivity contribution in [2.45, 2.75) is 31.5 Å². The average Bonchev–Trinajstić information content (AvgIpc) is 2.30. The molecule has 94 valence electrons. The summed E-state index contributed by atoms with van der Waals surface area (Å²) in [5, 5.41) is 28.5. The minimum atomic E-state index is -1.26. The van der Waals surface area contributed by atoms with Crippen molar-refractivity contribution in [1.82, 2.24) is 0 Å². The van der Waals surface area contributed by atoms with Gasteiger partial charge in [-0.05, 0) is 24.6 Å². The number of benzene rings is 1. The van der Waals surface area contributed by atoms with E-state index in [0.717, 1.165) is 5.56 Å². The van der Waals surface area contributed by atoms with Crippen LogP contribution in [0.2, 0.25) is 0 Å². The molecule has 1 heterocycles. The fourth-order valence-corrected chi connectivity index (χ4v) is 1.71. The van der Waals surface area contributed by atoms with E-state index in [1.807, 2.05) is 19.1 Å². The van der Waals surface area contributed by atoms with Gasteiger partial charge >= 0.3 is 0 Å². The zero-order valence-electron chi connectivity index (χ0n) is 9.48. The molecule has 1 aromatic rings. The summed E-state index contributed by atoms with van der Waals surface area (Å²) in [4.78, 5) is 0. The van der Waals surface area contributed by atoms with Crippen LogP contribution in [0.3, 0.4) is 0 Å². The van der Waals surface area contributed by atoms with Gasteiger partial charge in [0.05, 0.1) is 6.61 Å². The third-order valence-corrected chi connectivity index (χ3v) is 2.70. The number of aryl methyl sites for hydroxylation is 1. The normalized spacial score (nSPS) is 33.4. The second-order valence-corrected chi connectivity index (χ2v) is 4.18. The number of ether oxygens (including phenoxy) is 2. The molecule has 0 spiro atoms. The Morgan fingerprint density at radius 2 is 2.00 bits per heavy atom. The lowest BCUT2D eigenvalue weighted by molar-refractivity contribution is -0.242. The second-order valence-electron chi connectivity index (χ2n) is 4.18. The van der Waals surface area contributed by atoms with E-state index in [1.54, 1.807) is 12.1 Å². The molecule has 0 bridgehead atoms. The standard InChI is InChI=1S/C12H16O5/c1-7-3-2-4-8(5-7)17-12-11(15)10(14)9(13)6-16-12/h2-5,9-15H,6H2,1H3/t9-,10-,11?,12-/m0/s1. The zero-order valence-corrected chi connectivity index (χ0v) is 9.48. The molecule has 4 atom stereocenters. The third kappa shape index (κ3) is 2.76. The molecular formula is C12H16O5. The summed E-state index contributed by atoms with van der Waals surface area (Å²) in [5.74, 6) is 0.553. The predicted molar refractivity (Wildman–Crippen MR) is 59.6 cm³/mol. The first-order chi connectivity index (χ1) is 8.08. The summed E-state index contributed by atoms with van der Waals surface area (Å²) in [5.41, 5.74) is 1.02. The predicted octanol–water partition coefficient (Wildman–Crippen LogP) is -0.187. The van der Waals surface area contributed by atoms with Crippen molar-refractivity contribution in [2.75, 3.05) is 6.61 Å². The summed E-state index contributed by atoms with van der Waals surface area (Å²) in [6, 6.07) is 7.28. The monoisotopic (exact) mass is 240 g/mol.